The summed E-state index contributed by atoms with van der Waals surface area (Å²) in [7, 11) is 0. The van der Waals surface area contributed by atoms with E-state index in [9.17, 15) is 9.59 Å². The van der Waals surface area contributed by atoms with Crippen molar-refractivity contribution in [1.29, 1.82) is 0 Å². The summed E-state index contributed by atoms with van der Waals surface area (Å²) in [6.45, 7) is 6.60. The average Bonchev–Trinajstić information content (AvgIpc) is 3.00. The zero-order valence-corrected chi connectivity index (χ0v) is 19.4. The Morgan fingerprint density at radius 2 is 1.81 bits per heavy atom. The normalized spacial score (nSPS) is 15.1. The zero-order valence-electron chi connectivity index (χ0n) is 17.8. The van der Waals surface area contributed by atoms with Crippen LogP contribution in [-0.2, 0) is 20.9 Å². The van der Waals surface area contributed by atoms with Crippen LogP contribution in [-0.4, -0.2) is 34.2 Å². The van der Waals surface area contributed by atoms with Crippen molar-refractivity contribution in [2.45, 2.75) is 27.4 Å². The van der Waals surface area contributed by atoms with Gasteiger partial charge in [-0.1, -0.05) is 79.8 Å². The molecule has 0 aromatic heterocycles. The summed E-state index contributed by atoms with van der Waals surface area (Å²) in [5.74, 6) is 0.245. The lowest BCUT2D eigenvalue weighted by Crippen LogP contribution is -2.34. The minimum Gasteiger partial charge on any atom is -0.489 e. The second-order valence-corrected chi connectivity index (χ2v) is 9.36. The van der Waals surface area contributed by atoms with Crippen LogP contribution < -0.4 is 4.74 Å². The highest BCUT2D eigenvalue weighted by Crippen LogP contribution is 2.32. The second-order valence-electron chi connectivity index (χ2n) is 7.69. The van der Waals surface area contributed by atoms with E-state index in [-0.39, 0.29) is 18.4 Å². The van der Waals surface area contributed by atoms with Crippen molar-refractivity contribution in [3.05, 3.63) is 70.1 Å². The molecule has 3 rings (SSSR count). The van der Waals surface area contributed by atoms with Crippen LogP contribution >= 0.6 is 24.0 Å². The van der Waals surface area contributed by atoms with Crippen molar-refractivity contribution in [3.8, 4) is 5.75 Å². The maximum absolute atomic E-state index is 12.7. The Morgan fingerprint density at radius 1 is 1.13 bits per heavy atom. The first-order chi connectivity index (χ1) is 14.8. The molecule has 0 bridgehead atoms. The van der Waals surface area contributed by atoms with Crippen molar-refractivity contribution < 1.29 is 19.1 Å². The van der Waals surface area contributed by atoms with E-state index in [0.717, 1.165) is 16.9 Å². The molecule has 0 saturated carbocycles. The predicted molar refractivity (Wildman–Crippen MR) is 128 cm³/mol. The van der Waals surface area contributed by atoms with Crippen LogP contribution in [0.3, 0.4) is 0 Å². The average molecular weight is 456 g/mol. The second kappa shape index (κ2) is 10.6. The molecular formula is C24H25NO4S2. The van der Waals surface area contributed by atoms with Gasteiger partial charge in [0.05, 0.1) is 11.5 Å². The highest BCUT2D eigenvalue weighted by molar-refractivity contribution is 8.26. The topological polar surface area (TPSA) is 55.8 Å². The Bertz CT molecular complexity index is 982. The van der Waals surface area contributed by atoms with Crippen LogP contribution in [0.4, 0.5) is 0 Å². The SMILES string of the molecule is Cc1ccc(COc2ccc(/C=C3\SC(=S)N(CC(=O)OCC(C)C)C3=O)cc2)cc1. The van der Waals surface area contributed by atoms with Gasteiger partial charge < -0.3 is 9.47 Å². The minimum atomic E-state index is -0.457. The van der Waals surface area contributed by atoms with Crippen molar-refractivity contribution >= 4 is 46.3 Å². The van der Waals surface area contributed by atoms with Gasteiger partial charge in [-0.15, -0.1) is 0 Å². The van der Waals surface area contributed by atoms with Crippen LogP contribution in [0.2, 0.25) is 0 Å². The summed E-state index contributed by atoms with van der Waals surface area (Å²) < 4.78 is 11.3. The number of carbonyl (C=O) groups excluding carboxylic acids is 2. The summed E-state index contributed by atoms with van der Waals surface area (Å²) in [5, 5.41) is 0. The van der Waals surface area contributed by atoms with E-state index in [0.29, 0.717) is 22.4 Å². The first kappa shape index (κ1) is 23.0. The molecule has 1 aliphatic heterocycles. The van der Waals surface area contributed by atoms with Gasteiger partial charge in [-0.05, 0) is 42.2 Å². The molecule has 1 amide bonds. The Balaban J connectivity index is 1.58. The lowest BCUT2D eigenvalue weighted by Gasteiger charge is -2.14. The van der Waals surface area contributed by atoms with Crippen LogP contribution in [0.5, 0.6) is 5.75 Å². The summed E-state index contributed by atoms with van der Waals surface area (Å²) in [6.07, 6.45) is 1.77. The number of nitrogens with zero attached hydrogens (tertiary/aromatic N) is 1. The molecule has 2 aromatic rings. The lowest BCUT2D eigenvalue weighted by atomic mass is 10.1. The molecule has 0 unspecified atom stereocenters. The van der Waals surface area contributed by atoms with Gasteiger partial charge in [0, 0.05) is 0 Å². The highest BCUT2D eigenvalue weighted by Gasteiger charge is 2.33. The highest BCUT2D eigenvalue weighted by atomic mass is 32.2. The largest absolute Gasteiger partial charge is 0.489 e. The number of ether oxygens (including phenoxy) is 2. The van der Waals surface area contributed by atoms with Crippen LogP contribution in [0.15, 0.2) is 53.4 Å². The van der Waals surface area contributed by atoms with Gasteiger partial charge >= 0.3 is 5.97 Å². The molecule has 162 valence electrons. The quantitative estimate of drug-likeness (QED) is 0.318. The number of hydrogen-bond donors (Lipinski definition) is 0. The molecule has 1 aliphatic rings. The van der Waals surface area contributed by atoms with Crippen LogP contribution in [0.1, 0.15) is 30.5 Å². The van der Waals surface area contributed by atoms with E-state index in [2.05, 4.69) is 19.1 Å². The van der Waals surface area contributed by atoms with Gasteiger partial charge in [0.25, 0.3) is 5.91 Å². The van der Waals surface area contributed by atoms with E-state index in [1.165, 1.54) is 22.2 Å². The molecule has 2 aromatic carbocycles. The molecular weight excluding hydrogens is 430 g/mol. The molecule has 1 fully saturated rings. The summed E-state index contributed by atoms with van der Waals surface area (Å²) >= 11 is 6.46. The maximum Gasteiger partial charge on any atom is 0.326 e. The summed E-state index contributed by atoms with van der Waals surface area (Å²) in [4.78, 5) is 26.4. The molecule has 5 nitrogen and oxygen atoms in total. The van der Waals surface area contributed by atoms with E-state index < -0.39 is 5.97 Å². The molecule has 0 aliphatic carbocycles. The third kappa shape index (κ3) is 6.67. The molecule has 0 radical (unpaired) electrons. The number of amides is 1. The number of aryl methyl sites for hydroxylation is 1. The van der Waals surface area contributed by atoms with Gasteiger partial charge in [0.1, 0.15) is 23.2 Å². The van der Waals surface area contributed by atoms with Crippen molar-refractivity contribution in [2.24, 2.45) is 5.92 Å². The van der Waals surface area contributed by atoms with Gasteiger partial charge in [0.2, 0.25) is 0 Å². The third-order valence-corrected chi connectivity index (χ3v) is 5.82. The molecule has 0 spiro atoms. The number of esters is 1. The molecule has 1 heterocycles. The smallest absolute Gasteiger partial charge is 0.326 e. The Hall–Kier alpha value is -2.64. The van der Waals surface area contributed by atoms with Gasteiger partial charge in [-0.25, -0.2) is 0 Å². The summed E-state index contributed by atoms with van der Waals surface area (Å²) in [5.41, 5.74) is 3.17. The van der Waals surface area contributed by atoms with Gasteiger partial charge in [0.15, 0.2) is 0 Å². The number of thioether (sulfide) groups is 1. The number of thiocarbonyl (C=S) groups is 1. The van der Waals surface area contributed by atoms with E-state index in [1.807, 2.05) is 50.2 Å². The first-order valence-corrected chi connectivity index (χ1v) is 11.2. The fourth-order valence-corrected chi connectivity index (χ4v) is 3.99. The Morgan fingerprint density at radius 3 is 2.45 bits per heavy atom. The third-order valence-electron chi connectivity index (χ3n) is 4.44. The fourth-order valence-electron chi connectivity index (χ4n) is 2.73. The predicted octanol–water partition coefficient (Wildman–Crippen LogP) is 4.97. The minimum absolute atomic E-state index is 0.166. The van der Waals surface area contributed by atoms with E-state index >= 15 is 0 Å². The molecule has 31 heavy (non-hydrogen) atoms. The molecule has 0 N–H and O–H groups in total. The van der Waals surface area contributed by atoms with E-state index in [1.54, 1.807) is 6.08 Å². The van der Waals surface area contributed by atoms with Gasteiger partial charge in [-0.3, -0.25) is 14.5 Å². The molecule has 1 saturated heterocycles. The van der Waals surface area contributed by atoms with Crippen molar-refractivity contribution in [2.75, 3.05) is 13.2 Å². The molecule has 0 atom stereocenters. The van der Waals surface area contributed by atoms with Crippen molar-refractivity contribution in [1.82, 2.24) is 4.90 Å². The maximum atomic E-state index is 12.7. The number of rotatable bonds is 8. The monoisotopic (exact) mass is 455 g/mol. The Labute approximate surface area is 192 Å². The standard InChI is InChI=1S/C24H25NO4S2/c1-16(2)14-29-22(26)13-25-23(27)21(31-24(25)30)12-18-8-10-20(11-9-18)28-15-19-6-4-17(3)5-7-19/h4-12,16H,13-15H2,1-3H3/b21-12-. The number of hydrogen-bond acceptors (Lipinski definition) is 6. The number of carbonyl (C=O) groups is 2. The summed E-state index contributed by atoms with van der Waals surface area (Å²) in [6, 6.07) is 15.7. The van der Waals surface area contributed by atoms with Crippen molar-refractivity contribution in [3.63, 3.8) is 0 Å². The Kier molecular flexibility index (Phi) is 7.87. The van der Waals surface area contributed by atoms with Gasteiger partial charge in [-0.2, -0.15) is 0 Å². The van der Waals surface area contributed by atoms with E-state index in [4.69, 9.17) is 21.7 Å². The lowest BCUT2D eigenvalue weighted by molar-refractivity contribution is -0.147. The first-order valence-electron chi connectivity index (χ1n) is 10.0. The fraction of sp³-hybridized carbons (Fsp3) is 0.292. The van der Waals surface area contributed by atoms with Crippen LogP contribution in [0.25, 0.3) is 6.08 Å². The zero-order chi connectivity index (χ0) is 22.4. The number of benzene rings is 2. The van der Waals surface area contributed by atoms with Crippen LogP contribution in [0, 0.1) is 12.8 Å². The molecule has 7 heteroatoms.